The van der Waals surface area contributed by atoms with Gasteiger partial charge in [-0.1, -0.05) is 22.0 Å². The highest BCUT2D eigenvalue weighted by molar-refractivity contribution is 9.10. The molecule has 0 atom stereocenters. The molecule has 1 aliphatic rings. The van der Waals surface area contributed by atoms with Crippen molar-refractivity contribution in [1.29, 1.82) is 0 Å². The third-order valence-electron chi connectivity index (χ3n) is 2.81. The van der Waals surface area contributed by atoms with Crippen molar-refractivity contribution in [2.75, 3.05) is 25.0 Å². The van der Waals surface area contributed by atoms with E-state index in [9.17, 15) is 0 Å². The zero-order chi connectivity index (χ0) is 10.1. The molecule has 1 aromatic rings. The molecular weight excluding hydrogens is 240 g/mol. The third-order valence-corrected chi connectivity index (χ3v) is 3.66. The highest BCUT2D eigenvalue weighted by Gasteiger charge is 2.25. The van der Waals surface area contributed by atoms with Gasteiger partial charge >= 0.3 is 0 Å². The third kappa shape index (κ3) is 1.79. The zero-order valence-electron chi connectivity index (χ0n) is 8.55. The van der Waals surface area contributed by atoms with Gasteiger partial charge in [-0.3, -0.25) is 0 Å². The van der Waals surface area contributed by atoms with Crippen molar-refractivity contribution in [3.8, 4) is 0 Å². The molecule has 0 spiro atoms. The average Bonchev–Trinajstić information content (AvgIpc) is 2.09. The highest BCUT2D eigenvalue weighted by Crippen LogP contribution is 2.26. The minimum Gasteiger partial charge on any atom is -0.368 e. The van der Waals surface area contributed by atoms with E-state index >= 15 is 0 Å². The van der Waals surface area contributed by atoms with Crippen molar-refractivity contribution in [1.82, 2.24) is 5.32 Å². The van der Waals surface area contributed by atoms with Gasteiger partial charge in [0, 0.05) is 29.3 Å². The fraction of sp³-hybridized carbons (Fsp3) is 0.455. The van der Waals surface area contributed by atoms with Gasteiger partial charge in [-0.15, -0.1) is 0 Å². The summed E-state index contributed by atoms with van der Waals surface area (Å²) in [6.07, 6.45) is 0. The van der Waals surface area contributed by atoms with Crippen LogP contribution in [0.15, 0.2) is 22.7 Å². The van der Waals surface area contributed by atoms with Gasteiger partial charge in [-0.25, -0.2) is 0 Å². The Bertz CT molecular complexity index is 332. The fourth-order valence-corrected chi connectivity index (χ4v) is 2.02. The van der Waals surface area contributed by atoms with Crippen LogP contribution < -0.4 is 10.2 Å². The van der Waals surface area contributed by atoms with Crippen LogP contribution in [0, 0.1) is 6.92 Å². The lowest BCUT2D eigenvalue weighted by atomic mass is 10.1. The Balaban J connectivity index is 2.08. The number of hydrogen-bond acceptors (Lipinski definition) is 2. The van der Waals surface area contributed by atoms with Crippen molar-refractivity contribution in [3.63, 3.8) is 0 Å². The van der Waals surface area contributed by atoms with Crippen LogP contribution in [0.25, 0.3) is 0 Å². The molecule has 2 rings (SSSR count). The summed E-state index contributed by atoms with van der Waals surface area (Å²) in [7, 11) is 2.02. The monoisotopic (exact) mass is 254 g/mol. The molecule has 1 saturated heterocycles. The molecule has 76 valence electrons. The molecule has 1 aromatic carbocycles. The largest absolute Gasteiger partial charge is 0.368 e. The summed E-state index contributed by atoms with van der Waals surface area (Å²) >= 11 is 3.56. The van der Waals surface area contributed by atoms with Gasteiger partial charge in [0.05, 0.1) is 0 Å². The fourth-order valence-electron chi connectivity index (χ4n) is 1.65. The lowest BCUT2D eigenvalue weighted by molar-refractivity contribution is 0.450. The van der Waals surface area contributed by atoms with Crippen molar-refractivity contribution in [2.24, 2.45) is 0 Å². The van der Waals surface area contributed by atoms with Crippen LogP contribution in [0.5, 0.6) is 0 Å². The van der Waals surface area contributed by atoms with Crippen molar-refractivity contribution in [3.05, 3.63) is 28.2 Å². The van der Waals surface area contributed by atoms with Crippen molar-refractivity contribution in [2.45, 2.75) is 13.0 Å². The van der Waals surface area contributed by atoms with E-state index < -0.39 is 0 Å². The number of hydrogen-bond donors (Lipinski definition) is 1. The molecule has 0 aromatic heterocycles. The quantitative estimate of drug-likeness (QED) is 0.871. The van der Waals surface area contributed by atoms with E-state index in [2.05, 4.69) is 51.3 Å². The number of nitrogens with one attached hydrogen (secondary N) is 1. The summed E-state index contributed by atoms with van der Waals surface area (Å²) in [5, 5.41) is 3.27. The summed E-state index contributed by atoms with van der Waals surface area (Å²) in [6, 6.07) is 7.20. The molecular formula is C11H15BrN2. The van der Waals surface area contributed by atoms with Crippen LogP contribution in [-0.4, -0.2) is 26.2 Å². The van der Waals surface area contributed by atoms with Crippen LogP contribution in [0.4, 0.5) is 5.69 Å². The predicted molar refractivity (Wildman–Crippen MR) is 63.9 cm³/mol. The molecule has 0 amide bonds. The second-order valence-electron chi connectivity index (χ2n) is 3.82. The molecule has 1 heterocycles. The Hall–Kier alpha value is -0.540. The molecule has 1 aliphatic heterocycles. The van der Waals surface area contributed by atoms with E-state index in [4.69, 9.17) is 0 Å². The van der Waals surface area contributed by atoms with Crippen LogP contribution in [0.2, 0.25) is 0 Å². The zero-order valence-corrected chi connectivity index (χ0v) is 10.1. The number of aryl methyl sites for hydroxylation is 1. The summed E-state index contributed by atoms with van der Waals surface area (Å²) < 4.78 is 1.20. The minimum atomic E-state index is 0.662. The Kier molecular flexibility index (Phi) is 2.79. The van der Waals surface area contributed by atoms with Crippen molar-refractivity contribution < 1.29 is 0 Å². The van der Waals surface area contributed by atoms with Crippen LogP contribution in [0.3, 0.4) is 0 Å². The molecule has 14 heavy (non-hydrogen) atoms. The first-order chi connectivity index (χ1) is 6.70. The SMILES string of the molecule is CNC1CN(c2ccc(C)c(Br)c2)C1. The average molecular weight is 255 g/mol. The Morgan fingerprint density at radius 2 is 2.14 bits per heavy atom. The highest BCUT2D eigenvalue weighted by atomic mass is 79.9. The van der Waals surface area contributed by atoms with Gasteiger partial charge in [-0.05, 0) is 31.7 Å². The lowest BCUT2D eigenvalue weighted by Gasteiger charge is -2.41. The minimum absolute atomic E-state index is 0.662. The topological polar surface area (TPSA) is 15.3 Å². The van der Waals surface area contributed by atoms with Gasteiger partial charge in [0.1, 0.15) is 0 Å². The van der Waals surface area contributed by atoms with E-state index in [0.717, 1.165) is 13.1 Å². The van der Waals surface area contributed by atoms with E-state index in [1.165, 1.54) is 15.7 Å². The van der Waals surface area contributed by atoms with E-state index in [1.807, 2.05) is 7.05 Å². The standard InChI is InChI=1S/C11H15BrN2/c1-8-3-4-10(5-11(8)12)14-6-9(7-14)13-2/h3-5,9,13H,6-7H2,1-2H3. The number of nitrogens with zero attached hydrogens (tertiary/aromatic N) is 1. The number of halogens is 1. The Labute approximate surface area is 93.4 Å². The molecule has 0 saturated carbocycles. The van der Waals surface area contributed by atoms with Gasteiger partial charge in [0.25, 0.3) is 0 Å². The van der Waals surface area contributed by atoms with Crippen LogP contribution in [-0.2, 0) is 0 Å². The number of rotatable bonds is 2. The van der Waals surface area contributed by atoms with Crippen LogP contribution in [0.1, 0.15) is 5.56 Å². The molecule has 1 N–H and O–H groups in total. The molecule has 0 radical (unpaired) electrons. The second kappa shape index (κ2) is 3.91. The number of likely N-dealkylation sites (N-methyl/N-ethyl adjacent to an activating group) is 1. The first-order valence-corrected chi connectivity index (χ1v) is 5.68. The molecule has 0 unspecified atom stereocenters. The maximum Gasteiger partial charge on any atom is 0.0418 e. The van der Waals surface area contributed by atoms with Gasteiger partial charge in [0.2, 0.25) is 0 Å². The van der Waals surface area contributed by atoms with E-state index in [1.54, 1.807) is 0 Å². The van der Waals surface area contributed by atoms with Crippen LogP contribution >= 0.6 is 15.9 Å². The summed E-state index contributed by atoms with van der Waals surface area (Å²) in [4.78, 5) is 2.38. The van der Waals surface area contributed by atoms with E-state index in [0.29, 0.717) is 6.04 Å². The maximum atomic E-state index is 3.56. The molecule has 0 aliphatic carbocycles. The summed E-state index contributed by atoms with van der Waals surface area (Å²) in [5.74, 6) is 0. The Morgan fingerprint density at radius 1 is 1.43 bits per heavy atom. The Morgan fingerprint density at radius 3 is 2.71 bits per heavy atom. The lowest BCUT2D eigenvalue weighted by Crippen LogP contribution is -2.57. The molecule has 2 nitrogen and oxygen atoms in total. The molecule has 0 bridgehead atoms. The number of benzene rings is 1. The number of anilines is 1. The first kappa shape index (κ1) is 9.99. The summed E-state index contributed by atoms with van der Waals surface area (Å²) in [6.45, 7) is 4.35. The first-order valence-electron chi connectivity index (χ1n) is 4.89. The van der Waals surface area contributed by atoms with Gasteiger partial charge < -0.3 is 10.2 Å². The smallest absolute Gasteiger partial charge is 0.0418 e. The molecule has 3 heteroatoms. The second-order valence-corrected chi connectivity index (χ2v) is 4.68. The predicted octanol–water partition coefficient (Wildman–Crippen LogP) is 2.17. The van der Waals surface area contributed by atoms with E-state index in [-0.39, 0.29) is 0 Å². The molecule has 1 fully saturated rings. The van der Waals surface area contributed by atoms with Gasteiger partial charge in [0.15, 0.2) is 0 Å². The maximum absolute atomic E-state index is 3.56. The van der Waals surface area contributed by atoms with Gasteiger partial charge in [-0.2, -0.15) is 0 Å². The van der Waals surface area contributed by atoms with Crippen molar-refractivity contribution >= 4 is 21.6 Å². The normalized spacial score (nSPS) is 16.9. The summed E-state index contributed by atoms with van der Waals surface area (Å²) in [5.41, 5.74) is 2.61.